The van der Waals surface area contributed by atoms with Crippen molar-refractivity contribution >= 4 is 11.0 Å². The highest BCUT2D eigenvalue weighted by atomic mass is 15.1. The summed E-state index contributed by atoms with van der Waals surface area (Å²) in [6.07, 6.45) is 7.79. The lowest BCUT2D eigenvalue weighted by molar-refractivity contribution is 0.221. The standard InChI is InChI=1S/C12H16N4/c1-2-6-16(7-3-1)9-10-4-5-13-12-11(10)8-14-15-12/h4-5,8H,1-3,6-7,9H2,(H,13,14,15). The molecule has 0 radical (unpaired) electrons. The number of rotatable bonds is 2. The van der Waals surface area contributed by atoms with Crippen molar-refractivity contribution < 1.29 is 0 Å². The number of H-pyrrole nitrogens is 1. The molecule has 0 aromatic carbocycles. The highest BCUT2D eigenvalue weighted by Crippen LogP contribution is 2.18. The van der Waals surface area contributed by atoms with E-state index in [1.807, 2.05) is 12.4 Å². The molecule has 1 aliphatic rings. The van der Waals surface area contributed by atoms with Crippen molar-refractivity contribution in [2.75, 3.05) is 13.1 Å². The minimum atomic E-state index is 0.898. The van der Waals surface area contributed by atoms with Gasteiger partial charge in [-0.15, -0.1) is 0 Å². The summed E-state index contributed by atoms with van der Waals surface area (Å²) in [7, 11) is 0. The van der Waals surface area contributed by atoms with E-state index in [9.17, 15) is 0 Å². The Morgan fingerprint density at radius 1 is 1.25 bits per heavy atom. The van der Waals surface area contributed by atoms with Crippen molar-refractivity contribution in [2.45, 2.75) is 25.8 Å². The third-order valence-corrected chi connectivity index (χ3v) is 3.29. The molecule has 1 N–H and O–H groups in total. The topological polar surface area (TPSA) is 44.8 Å². The van der Waals surface area contributed by atoms with Gasteiger partial charge in [0, 0.05) is 18.1 Å². The molecule has 0 saturated carbocycles. The van der Waals surface area contributed by atoms with Crippen LogP contribution in [-0.4, -0.2) is 33.2 Å². The number of fused-ring (bicyclic) bond motifs is 1. The Morgan fingerprint density at radius 2 is 2.12 bits per heavy atom. The number of aromatic amines is 1. The zero-order valence-corrected chi connectivity index (χ0v) is 9.32. The van der Waals surface area contributed by atoms with Gasteiger partial charge in [0.15, 0.2) is 5.65 Å². The van der Waals surface area contributed by atoms with E-state index >= 15 is 0 Å². The highest BCUT2D eigenvalue weighted by Gasteiger charge is 2.12. The Labute approximate surface area is 94.7 Å². The molecule has 1 saturated heterocycles. The zero-order valence-electron chi connectivity index (χ0n) is 9.32. The zero-order chi connectivity index (χ0) is 10.8. The van der Waals surface area contributed by atoms with E-state index in [4.69, 9.17) is 0 Å². The number of likely N-dealkylation sites (tertiary alicyclic amines) is 1. The van der Waals surface area contributed by atoms with E-state index in [0.717, 1.165) is 17.6 Å². The van der Waals surface area contributed by atoms with Crippen molar-refractivity contribution in [3.05, 3.63) is 24.0 Å². The molecule has 0 unspecified atom stereocenters. The number of hydrogen-bond donors (Lipinski definition) is 1. The van der Waals surface area contributed by atoms with Crippen LogP contribution in [0.3, 0.4) is 0 Å². The van der Waals surface area contributed by atoms with Gasteiger partial charge < -0.3 is 0 Å². The maximum atomic E-state index is 4.26. The van der Waals surface area contributed by atoms with Gasteiger partial charge in [-0.25, -0.2) is 4.98 Å². The molecule has 84 valence electrons. The monoisotopic (exact) mass is 216 g/mol. The lowest BCUT2D eigenvalue weighted by Crippen LogP contribution is -2.29. The quantitative estimate of drug-likeness (QED) is 0.834. The van der Waals surface area contributed by atoms with Crippen LogP contribution in [0.2, 0.25) is 0 Å². The number of nitrogens with one attached hydrogen (secondary N) is 1. The van der Waals surface area contributed by atoms with Crippen LogP contribution in [0.1, 0.15) is 24.8 Å². The minimum Gasteiger partial charge on any atom is -0.299 e. The lowest BCUT2D eigenvalue weighted by Gasteiger charge is -2.26. The van der Waals surface area contributed by atoms with Gasteiger partial charge in [0.25, 0.3) is 0 Å². The summed E-state index contributed by atoms with van der Waals surface area (Å²) < 4.78 is 0. The molecular weight excluding hydrogens is 200 g/mol. The van der Waals surface area contributed by atoms with Gasteiger partial charge in [-0.2, -0.15) is 5.10 Å². The molecule has 4 nitrogen and oxygen atoms in total. The summed E-state index contributed by atoms with van der Waals surface area (Å²) >= 11 is 0. The van der Waals surface area contributed by atoms with Crippen LogP contribution in [0, 0.1) is 0 Å². The molecule has 1 aliphatic heterocycles. The predicted octanol–water partition coefficient (Wildman–Crippen LogP) is 1.94. The summed E-state index contributed by atoms with van der Waals surface area (Å²) in [4.78, 5) is 6.78. The molecule has 0 aliphatic carbocycles. The van der Waals surface area contributed by atoms with Crippen molar-refractivity contribution in [1.82, 2.24) is 20.1 Å². The second-order valence-electron chi connectivity index (χ2n) is 4.44. The Kier molecular flexibility index (Phi) is 2.58. The summed E-state index contributed by atoms with van der Waals surface area (Å²) in [5.74, 6) is 0. The highest BCUT2D eigenvalue weighted by molar-refractivity contribution is 5.77. The van der Waals surface area contributed by atoms with E-state index in [1.54, 1.807) is 0 Å². The van der Waals surface area contributed by atoms with E-state index < -0.39 is 0 Å². The molecule has 2 aromatic heterocycles. The summed E-state index contributed by atoms with van der Waals surface area (Å²) in [6.45, 7) is 3.47. The maximum absolute atomic E-state index is 4.26. The molecule has 2 aromatic rings. The number of piperidine rings is 1. The van der Waals surface area contributed by atoms with Crippen molar-refractivity contribution in [1.29, 1.82) is 0 Å². The summed E-state index contributed by atoms with van der Waals surface area (Å²) in [5, 5.41) is 8.13. The van der Waals surface area contributed by atoms with Crippen molar-refractivity contribution in [3.63, 3.8) is 0 Å². The molecule has 1 fully saturated rings. The van der Waals surface area contributed by atoms with E-state index in [0.29, 0.717) is 0 Å². The average Bonchev–Trinajstić information content (AvgIpc) is 2.80. The van der Waals surface area contributed by atoms with Crippen LogP contribution in [0.4, 0.5) is 0 Å². The van der Waals surface area contributed by atoms with Crippen molar-refractivity contribution in [3.8, 4) is 0 Å². The van der Waals surface area contributed by atoms with Crippen LogP contribution < -0.4 is 0 Å². The summed E-state index contributed by atoms with van der Waals surface area (Å²) in [6, 6.07) is 2.10. The number of nitrogens with zero attached hydrogens (tertiary/aromatic N) is 3. The molecular formula is C12H16N4. The molecule has 0 bridgehead atoms. The third kappa shape index (κ3) is 1.80. The SMILES string of the molecule is c1cc(CN2CCCCC2)c2cn[nH]c2n1. The van der Waals surface area contributed by atoms with Gasteiger partial charge in [-0.05, 0) is 37.6 Å². The van der Waals surface area contributed by atoms with E-state index in [-0.39, 0.29) is 0 Å². The maximum Gasteiger partial charge on any atom is 0.155 e. The van der Waals surface area contributed by atoms with Crippen LogP contribution >= 0.6 is 0 Å². The predicted molar refractivity (Wildman–Crippen MR) is 63.0 cm³/mol. The largest absolute Gasteiger partial charge is 0.299 e. The van der Waals surface area contributed by atoms with E-state index in [2.05, 4.69) is 26.1 Å². The van der Waals surface area contributed by atoms with Gasteiger partial charge >= 0.3 is 0 Å². The molecule has 0 amide bonds. The molecule has 16 heavy (non-hydrogen) atoms. The second kappa shape index (κ2) is 4.22. The second-order valence-corrected chi connectivity index (χ2v) is 4.44. The Morgan fingerprint density at radius 3 is 3.00 bits per heavy atom. The van der Waals surface area contributed by atoms with Gasteiger partial charge in [-0.3, -0.25) is 10.00 Å². The normalized spacial score (nSPS) is 18.0. The van der Waals surface area contributed by atoms with Crippen LogP contribution in [0.15, 0.2) is 18.5 Å². The molecule has 4 heteroatoms. The Bertz CT molecular complexity index is 471. The van der Waals surface area contributed by atoms with Gasteiger partial charge in [0.1, 0.15) is 0 Å². The van der Waals surface area contributed by atoms with Crippen LogP contribution in [0.25, 0.3) is 11.0 Å². The number of aromatic nitrogens is 3. The van der Waals surface area contributed by atoms with Crippen molar-refractivity contribution in [2.24, 2.45) is 0 Å². The first-order chi connectivity index (χ1) is 7.93. The number of hydrogen-bond acceptors (Lipinski definition) is 3. The van der Waals surface area contributed by atoms with E-state index in [1.165, 1.54) is 37.9 Å². The van der Waals surface area contributed by atoms with Gasteiger partial charge in [0.05, 0.1) is 6.20 Å². The fourth-order valence-electron chi connectivity index (χ4n) is 2.40. The van der Waals surface area contributed by atoms with Crippen LogP contribution in [0.5, 0.6) is 0 Å². The molecule has 0 atom stereocenters. The fourth-order valence-corrected chi connectivity index (χ4v) is 2.40. The Balaban J connectivity index is 1.85. The first-order valence-corrected chi connectivity index (χ1v) is 5.93. The first kappa shape index (κ1) is 9.78. The average molecular weight is 216 g/mol. The smallest absolute Gasteiger partial charge is 0.155 e. The van der Waals surface area contributed by atoms with Gasteiger partial charge in [0.2, 0.25) is 0 Å². The molecule has 0 spiro atoms. The first-order valence-electron chi connectivity index (χ1n) is 5.93. The minimum absolute atomic E-state index is 0.898. The molecule has 3 heterocycles. The fraction of sp³-hybridized carbons (Fsp3) is 0.500. The molecule has 3 rings (SSSR count). The van der Waals surface area contributed by atoms with Crippen LogP contribution in [-0.2, 0) is 6.54 Å². The lowest BCUT2D eigenvalue weighted by atomic mass is 10.1. The van der Waals surface area contributed by atoms with Gasteiger partial charge in [-0.1, -0.05) is 6.42 Å². The number of pyridine rings is 1. The third-order valence-electron chi connectivity index (χ3n) is 3.29. The Hall–Kier alpha value is -1.42. The summed E-state index contributed by atoms with van der Waals surface area (Å²) in [5.41, 5.74) is 2.23.